The van der Waals surface area contributed by atoms with Gasteiger partial charge in [0, 0.05) is 11.3 Å². The number of rotatable bonds is 3. The Hall–Kier alpha value is -3.15. The standard InChI is InChI=1S/C18H17N3O3/c1-3-11-6-4-5-10(2)15(11)21-16(22)12-7-8-13-14(9-12)20-18(24)17(23)19-13/h4-9H,3H2,1-2H3,(H,19,23)(H,20,24)(H,21,22). The normalized spacial score (nSPS) is 10.8. The quantitative estimate of drug-likeness (QED) is 0.646. The molecule has 0 aliphatic heterocycles. The van der Waals surface area contributed by atoms with E-state index in [0.29, 0.717) is 16.6 Å². The highest BCUT2D eigenvalue weighted by molar-refractivity contribution is 6.06. The molecule has 1 aromatic heterocycles. The number of H-pyrrole nitrogens is 2. The van der Waals surface area contributed by atoms with Crippen LogP contribution in [0.3, 0.4) is 0 Å². The number of nitrogens with one attached hydrogen (secondary N) is 3. The molecule has 2 aromatic carbocycles. The number of hydrogen-bond donors (Lipinski definition) is 3. The summed E-state index contributed by atoms with van der Waals surface area (Å²) in [6, 6.07) is 10.6. The Balaban J connectivity index is 1.99. The van der Waals surface area contributed by atoms with Crippen LogP contribution in [0.5, 0.6) is 0 Å². The number of para-hydroxylation sites is 1. The van der Waals surface area contributed by atoms with Gasteiger partial charge in [-0.3, -0.25) is 14.4 Å². The van der Waals surface area contributed by atoms with E-state index in [2.05, 4.69) is 15.3 Å². The smallest absolute Gasteiger partial charge is 0.314 e. The van der Waals surface area contributed by atoms with Crippen molar-refractivity contribution in [3.8, 4) is 0 Å². The zero-order valence-corrected chi connectivity index (χ0v) is 13.4. The number of fused-ring (bicyclic) bond motifs is 1. The van der Waals surface area contributed by atoms with Crippen molar-refractivity contribution < 1.29 is 4.79 Å². The highest BCUT2D eigenvalue weighted by atomic mass is 16.2. The summed E-state index contributed by atoms with van der Waals surface area (Å²) in [5.41, 5.74) is 2.67. The summed E-state index contributed by atoms with van der Waals surface area (Å²) in [5, 5.41) is 2.93. The van der Waals surface area contributed by atoms with Crippen molar-refractivity contribution >= 4 is 22.6 Å². The van der Waals surface area contributed by atoms with Gasteiger partial charge < -0.3 is 15.3 Å². The first kappa shape index (κ1) is 15.7. The SMILES string of the molecule is CCc1cccc(C)c1NC(=O)c1ccc2[nH]c(=O)c(=O)[nH]c2c1. The number of benzene rings is 2. The van der Waals surface area contributed by atoms with Gasteiger partial charge in [-0.25, -0.2) is 0 Å². The van der Waals surface area contributed by atoms with Crippen molar-refractivity contribution in [1.29, 1.82) is 0 Å². The van der Waals surface area contributed by atoms with Gasteiger partial charge in [0.25, 0.3) is 5.91 Å². The third-order valence-electron chi connectivity index (χ3n) is 3.96. The van der Waals surface area contributed by atoms with Gasteiger partial charge in [0.15, 0.2) is 0 Å². The Morgan fingerprint density at radius 2 is 1.75 bits per heavy atom. The molecule has 1 amide bonds. The summed E-state index contributed by atoms with van der Waals surface area (Å²) in [4.78, 5) is 40.3. The van der Waals surface area contributed by atoms with Crippen molar-refractivity contribution in [2.24, 2.45) is 0 Å². The molecule has 0 aliphatic rings. The largest absolute Gasteiger partial charge is 0.321 e. The number of aryl methyl sites for hydroxylation is 2. The summed E-state index contributed by atoms with van der Waals surface area (Å²) in [6.45, 7) is 3.97. The minimum absolute atomic E-state index is 0.270. The summed E-state index contributed by atoms with van der Waals surface area (Å²) >= 11 is 0. The fourth-order valence-corrected chi connectivity index (χ4v) is 2.64. The first-order valence-electron chi connectivity index (χ1n) is 7.66. The highest BCUT2D eigenvalue weighted by Crippen LogP contribution is 2.22. The van der Waals surface area contributed by atoms with Gasteiger partial charge in [-0.15, -0.1) is 0 Å². The van der Waals surface area contributed by atoms with Crippen molar-refractivity contribution in [3.63, 3.8) is 0 Å². The van der Waals surface area contributed by atoms with Gasteiger partial charge >= 0.3 is 11.1 Å². The molecule has 0 radical (unpaired) electrons. The minimum atomic E-state index is -0.743. The fraction of sp³-hybridized carbons (Fsp3) is 0.167. The fourth-order valence-electron chi connectivity index (χ4n) is 2.64. The van der Waals surface area contributed by atoms with Gasteiger partial charge in [-0.2, -0.15) is 0 Å². The van der Waals surface area contributed by atoms with Gasteiger partial charge in [0.05, 0.1) is 11.0 Å². The Labute approximate surface area is 137 Å². The van der Waals surface area contributed by atoms with E-state index in [9.17, 15) is 14.4 Å². The molecule has 1 heterocycles. The van der Waals surface area contributed by atoms with Gasteiger partial charge in [0.2, 0.25) is 0 Å². The molecular weight excluding hydrogens is 306 g/mol. The molecule has 0 fully saturated rings. The van der Waals surface area contributed by atoms with E-state index in [-0.39, 0.29) is 5.91 Å². The van der Waals surface area contributed by atoms with E-state index < -0.39 is 11.1 Å². The zero-order chi connectivity index (χ0) is 17.3. The van der Waals surface area contributed by atoms with Crippen LogP contribution in [-0.4, -0.2) is 15.9 Å². The number of carbonyl (C=O) groups excluding carboxylic acids is 1. The lowest BCUT2D eigenvalue weighted by molar-refractivity contribution is 0.102. The number of anilines is 1. The lowest BCUT2D eigenvalue weighted by Crippen LogP contribution is -2.29. The van der Waals surface area contributed by atoms with E-state index >= 15 is 0 Å². The molecule has 24 heavy (non-hydrogen) atoms. The molecule has 0 atom stereocenters. The van der Waals surface area contributed by atoms with Gasteiger partial charge in [-0.05, 0) is 42.7 Å². The predicted octanol–water partition coefficient (Wildman–Crippen LogP) is 2.34. The second-order valence-corrected chi connectivity index (χ2v) is 5.59. The van der Waals surface area contributed by atoms with Gasteiger partial charge in [0.1, 0.15) is 0 Å². The summed E-state index contributed by atoms with van der Waals surface area (Å²) < 4.78 is 0. The Kier molecular flexibility index (Phi) is 4.04. The van der Waals surface area contributed by atoms with Crippen LogP contribution in [0.4, 0.5) is 5.69 Å². The molecule has 0 bridgehead atoms. The summed E-state index contributed by atoms with van der Waals surface area (Å²) in [7, 11) is 0. The van der Waals surface area contributed by atoms with Crippen LogP contribution in [0.1, 0.15) is 28.4 Å². The molecule has 0 aliphatic carbocycles. The molecule has 0 saturated heterocycles. The van der Waals surface area contributed by atoms with Crippen molar-refractivity contribution in [3.05, 3.63) is 73.8 Å². The zero-order valence-electron chi connectivity index (χ0n) is 13.4. The molecule has 3 N–H and O–H groups in total. The number of hydrogen-bond acceptors (Lipinski definition) is 3. The lowest BCUT2D eigenvalue weighted by atomic mass is 10.1. The van der Waals surface area contributed by atoms with Crippen molar-refractivity contribution in [2.45, 2.75) is 20.3 Å². The minimum Gasteiger partial charge on any atom is -0.321 e. The second-order valence-electron chi connectivity index (χ2n) is 5.59. The average Bonchev–Trinajstić information content (AvgIpc) is 2.57. The summed E-state index contributed by atoms with van der Waals surface area (Å²) in [6.07, 6.45) is 0.809. The van der Waals surface area contributed by atoms with E-state index in [0.717, 1.165) is 23.2 Å². The maximum atomic E-state index is 12.6. The highest BCUT2D eigenvalue weighted by Gasteiger charge is 2.12. The lowest BCUT2D eigenvalue weighted by Gasteiger charge is -2.13. The molecule has 6 nitrogen and oxygen atoms in total. The maximum Gasteiger partial charge on any atom is 0.314 e. The Morgan fingerprint density at radius 3 is 2.46 bits per heavy atom. The third-order valence-corrected chi connectivity index (χ3v) is 3.96. The molecule has 0 saturated carbocycles. The Morgan fingerprint density at radius 1 is 1.04 bits per heavy atom. The molecule has 3 aromatic rings. The monoisotopic (exact) mass is 323 g/mol. The van der Waals surface area contributed by atoms with Gasteiger partial charge in [-0.1, -0.05) is 25.1 Å². The maximum absolute atomic E-state index is 12.6. The molecule has 122 valence electrons. The van der Waals surface area contributed by atoms with Crippen LogP contribution in [0.2, 0.25) is 0 Å². The molecular formula is C18H17N3O3. The van der Waals surface area contributed by atoms with Crippen LogP contribution in [0, 0.1) is 6.92 Å². The second kappa shape index (κ2) is 6.16. The number of aromatic nitrogens is 2. The van der Waals surface area contributed by atoms with Crippen molar-refractivity contribution in [2.75, 3.05) is 5.32 Å². The molecule has 6 heteroatoms. The molecule has 0 spiro atoms. The number of amides is 1. The predicted molar refractivity (Wildman–Crippen MR) is 93.7 cm³/mol. The first-order valence-corrected chi connectivity index (χ1v) is 7.66. The first-order chi connectivity index (χ1) is 11.5. The van der Waals surface area contributed by atoms with E-state index in [1.54, 1.807) is 18.2 Å². The average molecular weight is 323 g/mol. The van der Waals surface area contributed by atoms with E-state index in [1.807, 2.05) is 32.0 Å². The number of carbonyl (C=O) groups is 1. The van der Waals surface area contributed by atoms with Crippen LogP contribution >= 0.6 is 0 Å². The third kappa shape index (κ3) is 2.86. The molecule has 3 rings (SSSR count). The van der Waals surface area contributed by atoms with Crippen LogP contribution in [-0.2, 0) is 6.42 Å². The van der Waals surface area contributed by atoms with E-state index in [1.165, 1.54) is 0 Å². The Bertz CT molecular complexity index is 1050. The molecule has 0 unspecified atom stereocenters. The number of aromatic amines is 2. The van der Waals surface area contributed by atoms with Crippen LogP contribution in [0.25, 0.3) is 11.0 Å². The van der Waals surface area contributed by atoms with Crippen molar-refractivity contribution in [1.82, 2.24) is 9.97 Å². The van der Waals surface area contributed by atoms with E-state index in [4.69, 9.17) is 0 Å². The van der Waals surface area contributed by atoms with Crippen LogP contribution in [0.15, 0.2) is 46.0 Å². The van der Waals surface area contributed by atoms with Crippen LogP contribution < -0.4 is 16.4 Å². The summed E-state index contributed by atoms with van der Waals surface area (Å²) in [5.74, 6) is -0.270. The topological polar surface area (TPSA) is 94.8 Å².